The van der Waals surface area contributed by atoms with Gasteiger partial charge in [0.15, 0.2) is 5.11 Å². The van der Waals surface area contributed by atoms with Gasteiger partial charge >= 0.3 is 5.97 Å². The molecule has 0 aromatic heterocycles. The Morgan fingerprint density at radius 2 is 2.23 bits per heavy atom. The molecule has 0 radical (unpaired) electrons. The van der Waals surface area contributed by atoms with Gasteiger partial charge in [-0.25, -0.2) is 0 Å². The Morgan fingerprint density at radius 3 is 3.00 bits per heavy atom. The summed E-state index contributed by atoms with van der Waals surface area (Å²) < 4.78 is 4.63. The van der Waals surface area contributed by atoms with Gasteiger partial charge in [0.05, 0.1) is 13.2 Å². The number of hydrogen-bond donors (Lipinski definition) is 1. The van der Waals surface area contributed by atoms with Crippen LogP contribution in [0.15, 0.2) is 24.3 Å². The molecule has 0 unspecified atom stereocenters. The fraction of sp³-hybridized carbons (Fsp3) is 0.529. The lowest BCUT2D eigenvalue weighted by atomic mass is 9.87. The first-order valence-electron chi connectivity index (χ1n) is 7.78. The summed E-state index contributed by atoms with van der Waals surface area (Å²) in [7, 11) is 3.46. The minimum Gasteiger partial charge on any atom is -0.469 e. The fourth-order valence-electron chi connectivity index (χ4n) is 2.93. The number of hydrogen-bond acceptors (Lipinski definition) is 3. The molecular weight excluding hydrogens is 296 g/mol. The summed E-state index contributed by atoms with van der Waals surface area (Å²) in [6.45, 7) is 0.687. The average molecular weight is 320 g/mol. The van der Waals surface area contributed by atoms with Crippen molar-refractivity contribution < 1.29 is 9.53 Å². The van der Waals surface area contributed by atoms with E-state index in [0.29, 0.717) is 19.0 Å². The summed E-state index contributed by atoms with van der Waals surface area (Å²) in [4.78, 5) is 13.2. The van der Waals surface area contributed by atoms with E-state index in [4.69, 9.17) is 12.2 Å². The van der Waals surface area contributed by atoms with E-state index in [1.807, 2.05) is 7.05 Å². The number of ether oxygens (including phenoxy) is 1. The third-order valence-electron chi connectivity index (χ3n) is 4.19. The highest BCUT2D eigenvalue weighted by Gasteiger charge is 2.24. The first-order valence-corrected chi connectivity index (χ1v) is 8.19. The zero-order chi connectivity index (χ0) is 15.9. The van der Waals surface area contributed by atoms with Crippen LogP contribution in [0, 0.1) is 0 Å². The Kier molecular flexibility index (Phi) is 6.19. The summed E-state index contributed by atoms with van der Waals surface area (Å²) in [5.41, 5.74) is 2.81. The summed E-state index contributed by atoms with van der Waals surface area (Å²) in [6, 6.07) is 8.95. The van der Waals surface area contributed by atoms with Gasteiger partial charge in [-0.1, -0.05) is 24.3 Å². The van der Waals surface area contributed by atoms with Gasteiger partial charge in [-0.15, -0.1) is 0 Å². The molecule has 0 saturated carbocycles. The predicted molar refractivity (Wildman–Crippen MR) is 91.7 cm³/mol. The third kappa shape index (κ3) is 4.19. The molecule has 0 heterocycles. The fourth-order valence-corrected chi connectivity index (χ4v) is 3.16. The summed E-state index contributed by atoms with van der Waals surface area (Å²) in [5, 5.41) is 3.98. The van der Waals surface area contributed by atoms with E-state index in [9.17, 15) is 4.79 Å². The second kappa shape index (κ2) is 8.13. The van der Waals surface area contributed by atoms with E-state index in [2.05, 4.69) is 39.2 Å². The highest BCUT2D eigenvalue weighted by Crippen LogP contribution is 2.33. The van der Waals surface area contributed by atoms with Crippen LogP contribution in [-0.2, 0) is 16.0 Å². The molecule has 1 atom stereocenters. The molecular formula is C17H24N2O2S. The molecule has 1 aliphatic carbocycles. The van der Waals surface area contributed by atoms with Crippen LogP contribution in [0.5, 0.6) is 0 Å². The molecule has 0 bridgehead atoms. The molecule has 1 aromatic rings. The van der Waals surface area contributed by atoms with Crippen LogP contribution in [0.4, 0.5) is 0 Å². The van der Waals surface area contributed by atoms with Gasteiger partial charge in [-0.2, -0.15) is 0 Å². The molecule has 22 heavy (non-hydrogen) atoms. The summed E-state index contributed by atoms with van der Waals surface area (Å²) in [6.07, 6.45) is 4.61. The third-order valence-corrected chi connectivity index (χ3v) is 4.62. The minimum atomic E-state index is -0.178. The number of aryl methyl sites for hydroxylation is 1. The van der Waals surface area contributed by atoms with Crippen molar-refractivity contribution in [3.05, 3.63) is 35.4 Å². The maximum atomic E-state index is 11.1. The van der Waals surface area contributed by atoms with E-state index >= 15 is 0 Å². The standard InChI is InChI=1S/C17H24N2O2S/c1-19(17(22)18-12-6-11-16(20)21-2)15-10-5-8-13-7-3-4-9-14(13)15/h3-4,7,9,15H,5-6,8,10-12H2,1-2H3,(H,18,22)/t15-/m1/s1. The second-order valence-corrected chi connectivity index (χ2v) is 6.02. The molecule has 0 amide bonds. The van der Waals surface area contributed by atoms with Gasteiger partial charge in [0, 0.05) is 20.0 Å². The monoisotopic (exact) mass is 320 g/mol. The van der Waals surface area contributed by atoms with E-state index in [1.54, 1.807) is 0 Å². The van der Waals surface area contributed by atoms with Gasteiger partial charge in [0.1, 0.15) is 0 Å². The van der Waals surface area contributed by atoms with Gasteiger partial charge < -0.3 is 15.0 Å². The summed E-state index contributed by atoms with van der Waals surface area (Å²) >= 11 is 5.49. The number of thiocarbonyl (C=S) groups is 1. The van der Waals surface area contributed by atoms with Crippen molar-refractivity contribution in [1.82, 2.24) is 10.2 Å². The van der Waals surface area contributed by atoms with Crippen molar-refractivity contribution in [3.8, 4) is 0 Å². The van der Waals surface area contributed by atoms with Crippen LogP contribution < -0.4 is 5.32 Å². The predicted octanol–water partition coefficient (Wildman–Crippen LogP) is 2.82. The number of esters is 1. The minimum absolute atomic E-state index is 0.178. The van der Waals surface area contributed by atoms with Crippen molar-refractivity contribution in [2.45, 2.75) is 38.1 Å². The smallest absolute Gasteiger partial charge is 0.305 e. The van der Waals surface area contributed by atoms with Gasteiger partial charge in [-0.05, 0) is 49.0 Å². The van der Waals surface area contributed by atoms with Crippen LogP contribution in [0.1, 0.15) is 42.9 Å². The van der Waals surface area contributed by atoms with Gasteiger partial charge in [-0.3, -0.25) is 4.79 Å². The molecule has 0 saturated heterocycles. The van der Waals surface area contributed by atoms with E-state index in [-0.39, 0.29) is 5.97 Å². The molecule has 2 rings (SSSR count). The number of nitrogens with zero attached hydrogens (tertiary/aromatic N) is 1. The highest BCUT2D eigenvalue weighted by atomic mass is 32.1. The molecule has 1 aliphatic rings. The van der Waals surface area contributed by atoms with Crippen molar-refractivity contribution in [2.75, 3.05) is 20.7 Å². The Hall–Kier alpha value is -1.62. The van der Waals surface area contributed by atoms with Crippen molar-refractivity contribution in [3.63, 3.8) is 0 Å². The van der Waals surface area contributed by atoms with Crippen molar-refractivity contribution in [2.24, 2.45) is 0 Å². The van der Waals surface area contributed by atoms with E-state index in [0.717, 1.165) is 24.4 Å². The maximum absolute atomic E-state index is 11.1. The lowest BCUT2D eigenvalue weighted by molar-refractivity contribution is -0.140. The first kappa shape index (κ1) is 16.7. The number of fused-ring (bicyclic) bond motifs is 1. The Labute approximate surface area is 137 Å². The van der Waals surface area contributed by atoms with E-state index in [1.165, 1.54) is 24.7 Å². The largest absolute Gasteiger partial charge is 0.469 e. The van der Waals surface area contributed by atoms with Crippen molar-refractivity contribution in [1.29, 1.82) is 0 Å². The van der Waals surface area contributed by atoms with Gasteiger partial charge in [0.2, 0.25) is 0 Å². The van der Waals surface area contributed by atoms with Crippen LogP contribution in [-0.4, -0.2) is 36.7 Å². The lowest BCUT2D eigenvalue weighted by Crippen LogP contribution is -2.40. The molecule has 0 spiro atoms. The molecule has 4 nitrogen and oxygen atoms in total. The lowest BCUT2D eigenvalue weighted by Gasteiger charge is -2.35. The molecule has 5 heteroatoms. The van der Waals surface area contributed by atoms with Crippen molar-refractivity contribution >= 4 is 23.3 Å². The van der Waals surface area contributed by atoms with E-state index < -0.39 is 0 Å². The zero-order valence-electron chi connectivity index (χ0n) is 13.3. The quantitative estimate of drug-likeness (QED) is 0.513. The Morgan fingerprint density at radius 1 is 1.45 bits per heavy atom. The number of methoxy groups -OCH3 is 1. The molecule has 1 aromatic carbocycles. The second-order valence-electron chi connectivity index (χ2n) is 5.63. The van der Waals surface area contributed by atoms with Crippen LogP contribution in [0.25, 0.3) is 0 Å². The topological polar surface area (TPSA) is 41.6 Å². The normalized spacial score (nSPS) is 16.5. The highest BCUT2D eigenvalue weighted by molar-refractivity contribution is 7.80. The first-order chi connectivity index (χ1) is 10.6. The molecule has 1 N–H and O–H groups in total. The zero-order valence-corrected chi connectivity index (χ0v) is 14.1. The van der Waals surface area contributed by atoms with Crippen LogP contribution in [0.3, 0.4) is 0 Å². The molecule has 0 aliphatic heterocycles. The number of rotatable bonds is 5. The Balaban J connectivity index is 1.87. The number of carbonyl (C=O) groups excluding carboxylic acids is 1. The molecule has 0 fully saturated rings. The Bertz CT molecular complexity index is 533. The average Bonchev–Trinajstić information content (AvgIpc) is 2.57. The number of benzene rings is 1. The maximum Gasteiger partial charge on any atom is 0.305 e. The summed E-state index contributed by atoms with van der Waals surface area (Å²) in [5.74, 6) is -0.178. The van der Waals surface area contributed by atoms with Gasteiger partial charge in [0.25, 0.3) is 0 Å². The van der Waals surface area contributed by atoms with Crippen LogP contribution in [0.2, 0.25) is 0 Å². The number of nitrogens with one attached hydrogen (secondary N) is 1. The number of carbonyl (C=O) groups is 1. The molecule has 120 valence electrons. The SMILES string of the molecule is COC(=O)CCCNC(=S)N(C)[C@@H]1CCCc2ccccc21. The van der Waals surface area contributed by atoms with Crippen LogP contribution >= 0.6 is 12.2 Å².